The van der Waals surface area contributed by atoms with Gasteiger partial charge in [0.2, 0.25) is 0 Å². The summed E-state index contributed by atoms with van der Waals surface area (Å²) in [7, 11) is 0. The van der Waals surface area contributed by atoms with Gasteiger partial charge in [0.1, 0.15) is 0 Å². The molecule has 4 nitrogen and oxygen atoms in total. The number of halogens is 1. The topological polar surface area (TPSA) is 49.8 Å². The Kier molecular flexibility index (Phi) is 6.01. The van der Waals surface area contributed by atoms with Crippen molar-refractivity contribution >= 4 is 17.6 Å². The molecule has 0 amide bonds. The first kappa shape index (κ1) is 20.2. The fourth-order valence-corrected chi connectivity index (χ4v) is 6.30. The molecule has 4 rings (SSSR count). The zero-order chi connectivity index (χ0) is 19.7. The summed E-state index contributed by atoms with van der Waals surface area (Å²) in [5, 5.41) is 10.8. The van der Waals surface area contributed by atoms with Gasteiger partial charge >= 0.3 is 5.97 Å². The number of fused-ring (bicyclic) bond motifs is 1. The van der Waals surface area contributed by atoms with Crippen molar-refractivity contribution in [3.8, 4) is 0 Å². The molecule has 3 aliphatic heterocycles. The molecule has 0 aromatic rings. The van der Waals surface area contributed by atoms with Gasteiger partial charge in [-0.3, -0.25) is 4.90 Å². The van der Waals surface area contributed by atoms with Crippen molar-refractivity contribution in [2.24, 2.45) is 11.8 Å². The van der Waals surface area contributed by atoms with Crippen LogP contribution in [0.25, 0.3) is 0 Å². The third-order valence-electron chi connectivity index (χ3n) is 7.39. The maximum absolute atomic E-state index is 12.7. The number of hydrogen-bond donors (Lipinski definition) is 1. The highest BCUT2D eigenvalue weighted by molar-refractivity contribution is 6.29. The van der Waals surface area contributed by atoms with Crippen LogP contribution in [-0.2, 0) is 9.53 Å². The normalized spacial score (nSPS) is 42.9. The van der Waals surface area contributed by atoms with Crippen molar-refractivity contribution in [2.75, 3.05) is 13.2 Å². The summed E-state index contributed by atoms with van der Waals surface area (Å²) in [5.41, 5.74) is 0.979. The van der Waals surface area contributed by atoms with E-state index in [0.29, 0.717) is 35.9 Å². The van der Waals surface area contributed by atoms with E-state index in [4.69, 9.17) is 16.3 Å². The van der Waals surface area contributed by atoms with Gasteiger partial charge in [0.15, 0.2) is 0 Å². The minimum Gasteiger partial charge on any atom is -0.462 e. The number of hydrogen-bond acceptors (Lipinski definition) is 4. The molecule has 154 valence electrons. The summed E-state index contributed by atoms with van der Waals surface area (Å²) in [5.74, 6) is 0.730. The Morgan fingerprint density at radius 3 is 2.86 bits per heavy atom. The molecule has 1 aliphatic carbocycles. The molecule has 5 unspecified atom stereocenters. The maximum Gasteiger partial charge on any atom is 0.335 e. The number of esters is 1. The molecule has 1 saturated carbocycles. The number of aliphatic hydroxyl groups is 1. The second-order valence-corrected chi connectivity index (χ2v) is 9.46. The van der Waals surface area contributed by atoms with E-state index in [1.54, 1.807) is 6.08 Å². The first-order chi connectivity index (χ1) is 13.5. The Morgan fingerprint density at radius 2 is 2.04 bits per heavy atom. The number of carbonyl (C=O) groups is 1. The van der Waals surface area contributed by atoms with E-state index in [2.05, 4.69) is 24.0 Å². The van der Waals surface area contributed by atoms with Gasteiger partial charge in [0, 0.05) is 35.2 Å². The van der Waals surface area contributed by atoms with Crippen LogP contribution in [-0.4, -0.2) is 46.8 Å². The van der Waals surface area contributed by atoms with Crippen molar-refractivity contribution in [3.05, 3.63) is 34.9 Å². The highest BCUT2D eigenvalue weighted by Crippen LogP contribution is 2.52. The number of nitrogens with zero attached hydrogens (tertiary/aromatic N) is 1. The Bertz CT molecular complexity index is 700. The molecule has 5 atom stereocenters. The highest BCUT2D eigenvalue weighted by atomic mass is 35.5. The van der Waals surface area contributed by atoms with E-state index >= 15 is 0 Å². The molecule has 0 radical (unpaired) electrons. The van der Waals surface area contributed by atoms with Gasteiger partial charge in [-0.2, -0.15) is 0 Å². The number of piperidine rings is 1. The van der Waals surface area contributed by atoms with Gasteiger partial charge < -0.3 is 9.84 Å². The van der Waals surface area contributed by atoms with E-state index in [1.165, 1.54) is 38.5 Å². The quantitative estimate of drug-likeness (QED) is 0.481. The molecule has 5 heteroatoms. The third kappa shape index (κ3) is 3.83. The van der Waals surface area contributed by atoms with Crippen LogP contribution in [0.1, 0.15) is 58.3 Å². The van der Waals surface area contributed by atoms with Crippen molar-refractivity contribution < 1.29 is 14.6 Å². The molecule has 1 saturated heterocycles. The number of cyclic esters (lactones) is 1. The lowest BCUT2D eigenvalue weighted by Gasteiger charge is -2.55. The molecule has 1 N–H and O–H groups in total. The summed E-state index contributed by atoms with van der Waals surface area (Å²) in [4.78, 5) is 15.3. The molecule has 0 aromatic carbocycles. The van der Waals surface area contributed by atoms with Crippen LogP contribution in [0.15, 0.2) is 34.9 Å². The molecule has 2 fully saturated rings. The lowest BCUT2D eigenvalue weighted by molar-refractivity contribution is -0.140. The van der Waals surface area contributed by atoms with E-state index in [1.807, 2.05) is 6.08 Å². The molecule has 3 heterocycles. The monoisotopic (exact) mass is 405 g/mol. The van der Waals surface area contributed by atoms with Crippen LogP contribution in [0.5, 0.6) is 0 Å². The van der Waals surface area contributed by atoms with E-state index in [9.17, 15) is 9.90 Å². The number of aliphatic hydroxyl groups excluding tert-OH is 1. The Morgan fingerprint density at radius 1 is 1.25 bits per heavy atom. The zero-order valence-electron chi connectivity index (χ0n) is 16.8. The van der Waals surface area contributed by atoms with Crippen LogP contribution in [0.2, 0.25) is 0 Å². The molecular weight excluding hydrogens is 374 g/mol. The van der Waals surface area contributed by atoms with Crippen LogP contribution in [0.3, 0.4) is 0 Å². The lowest BCUT2D eigenvalue weighted by atomic mass is 9.70. The van der Waals surface area contributed by atoms with Gasteiger partial charge in [-0.1, -0.05) is 49.6 Å². The lowest BCUT2D eigenvalue weighted by Crippen LogP contribution is -2.61. The summed E-state index contributed by atoms with van der Waals surface area (Å²) in [6.45, 7) is 3.24. The molecule has 28 heavy (non-hydrogen) atoms. The molecule has 4 aliphatic rings. The number of allylic oxidation sites excluding steroid dienone is 1. The summed E-state index contributed by atoms with van der Waals surface area (Å²) >= 11 is 6.22. The number of carbonyl (C=O) groups excluding carboxylic acids is 1. The summed E-state index contributed by atoms with van der Waals surface area (Å²) < 4.78 is 5.50. The molecule has 0 aromatic heterocycles. The third-order valence-corrected chi connectivity index (χ3v) is 7.70. The van der Waals surface area contributed by atoms with Gasteiger partial charge in [-0.15, -0.1) is 0 Å². The van der Waals surface area contributed by atoms with Gasteiger partial charge in [0.05, 0.1) is 12.7 Å². The van der Waals surface area contributed by atoms with E-state index < -0.39 is 6.10 Å². The SMILES string of the molecule is CC1/C=C/C(O)/C=C(\Cl)CCOC(=O)C2=CCC3CCCC4(CCCC14)N3C2. The van der Waals surface area contributed by atoms with Crippen molar-refractivity contribution in [1.82, 2.24) is 4.90 Å². The smallest absolute Gasteiger partial charge is 0.335 e. The number of ether oxygens (including phenoxy) is 1. The van der Waals surface area contributed by atoms with Crippen LogP contribution >= 0.6 is 11.6 Å². The van der Waals surface area contributed by atoms with Gasteiger partial charge in [-0.25, -0.2) is 4.79 Å². The standard InChI is InChI=1S/C23H32ClNO3/c1-16-6-9-20(26)14-18(24)10-13-28-22(27)17-7-8-19-4-2-11-23(25(19)15-17)12-3-5-21(16)23/h6-7,9,14,16,19-21,26H,2-5,8,10-13,15H2,1H3/b9-6+,18-14-. The van der Waals surface area contributed by atoms with Crippen LogP contribution in [0, 0.1) is 11.8 Å². The maximum atomic E-state index is 12.7. The minimum absolute atomic E-state index is 0.172. The average Bonchev–Trinajstić information content (AvgIpc) is 3.09. The average molecular weight is 406 g/mol. The molecular formula is C23H32ClNO3. The first-order valence-corrected chi connectivity index (χ1v) is 11.2. The molecule has 1 spiro atoms. The molecule has 2 bridgehead atoms. The first-order valence-electron chi connectivity index (χ1n) is 10.8. The van der Waals surface area contributed by atoms with E-state index in [-0.39, 0.29) is 18.1 Å². The second-order valence-electron chi connectivity index (χ2n) is 8.98. The minimum atomic E-state index is -0.700. The van der Waals surface area contributed by atoms with Gasteiger partial charge in [-0.05, 0) is 50.0 Å². The Hall–Kier alpha value is -1.10. The van der Waals surface area contributed by atoms with Gasteiger partial charge in [0.25, 0.3) is 0 Å². The van der Waals surface area contributed by atoms with Crippen LogP contribution < -0.4 is 0 Å². The van der Waals surface area contributed by atoms with Crippen LogP contribution in [0.4, 0.5) is 0 Å². The second kappa shape index (κ2) is 8.33. The van der Waals surface area contributed by atoms with Crippen molar-refractivity contribution in [1.29, 1.82) is 0 Å². The fraction of sp³-hybridized carbons (Fsp3) is 0.696. The predicted octanol–water partition coefficient (Wildman–Crippen LogP) is 4.33. The largest absolute Gasteiger partial charge is 0.462 e. The van der Waals surface area contributed by atoms with Crippen molar-refractivity contribution in [2.45, 2.75) is 76.0 Å². The zero-order valence-corrected chi connectivity index (χ0v) is 17.5. The Balaban J connectivity index is 1.69. The summed E-state index contributed by atoms with van der Waals surface area (Å²) in [6, 6.07) is 0.541. The highest BCUT2D eigenvalue weighted by Gasteiger charge is 2.52. The number of rotatable bonds is 0. The predicted molar refractivity (Wildman–Crippen MR) is 111 cm³/mol. The fourth-order valence-electron chi connectivity index (χ4n) is 6.10. The van der Waals surface area contributed by atoms with E-state index in [0.717, 1.165) is 12.0 Å². The van der Waals surface area contributed by atoms with Crippen molar-refractivity contribution in [3.63, 3.8) is 0 Å². The Labute approximate surface area is 173 Å². The summed E-state index contributed by atoms with van der Waals surface area (Å²) in [6.07, 6.45) is 15.8.